The first-order chi connectivity index (χ1) is 14.5. The molecule has 0 radical (unpaired) electrons. The topological polar surface area (TPSA) is 71.8 Å². The van der Waals surface area contributed by atoms with Gasteiger partial charge in [-0.25, -0.2) is 0 Å². The van der Waals surface area contributed by atoms with Crippen LogP contribution in [0.25, 0.3) is 11.0 Å². The normalized spacial score (nSPS) is 15.8. The van der Waals surface area contributed by atoms with E-state index in [1.54, 1.807) is 18.2 Å². The highest BCUT2D eigenvalue weighted by Gasteiger charge is 2.24. The maximum atomic E-state index is 12.8. The lowest BCUT2D eigenvalue weighted by atomic mass is 10.0. The monoisotopic (exact) mass is 470 g/mol. The summed E-state index contributed by atoms with van der Waals surface area (Å²) in [6.45, 7) is 5.40. The quantitative estimate of drug-likeness (QED) is 0.615. The first-order valence-corrected chi connectivity index (χ1v) is 10.7. The highest BCUT2D eigenvalue weighted by Crippen LogP contribution is 2.22. The van der Waals surface area contributed by atoms with E-state index in [1.807, 2.05) is 0 Å². The minimum absolute atomic E-state index is 0.00948. The number of ether oxygens (including phenoxy) is 1. The molecule has 30 heavy (non-hydrogen) atoms. The van der Waals surface area contributed by atoms with Crippen LogP contribution in [0, 0.1) is 6.92 Å². The Morgan fingerprint density at radius 1 is 1.13 bits per heavy atom. The van der Waals surface area contributed by atoms with Crippen LogP contribution < -0.4 is 10.7 Å². The van der Waals surface area contributed by atoms with Crippen LogP contribution >= 0.6 is 15.9 Å². The highest BCUT2D eigenvalue weighted by atomic mass is 79.9. The molecule has 2 aromatic carbocycles. The summed E-state index contributed by atoms with van der Waals surface area (Å²) in [6, 6.07) is 14.7. The molecule has 0 spiro atoms. The molecule has 1 aromatic heterocycles. The number of benzene rings is 2. The van der Waals surface area contributed by atoms with Crippen LogP contribution in [0.4, 0.5) is 0 Å². The van der Waals surface area contributed by atoms with Crippen molar-refractivity contribution in [1.29, 1.82) is 0 Å². The van der Waals surface area contributed by atoms with Gasteiger partial charge in [-0.2, -0.15) is 0 Å². The Balaban J connectivity index is 1.55. The van der Waals surface area contributed by atoms with E-state index in [0.717, 1.165) is 23.1 Å². The lowest BCUT2D eigenvalue weighted by Crippen LogP contribution is -2.43. The third-order valence-electron chi connectivity index (χ3n) is 5.32. The molecular formula is C23H23BrN2O4. The molecule has 0 bridgehead atoms. The zero-order valence-corrected chi connectivity index (χ0v) is 18.3. The number of amides is 1. The molecule has 0 unspecified atom stereocenters. The van der Waals surface area contributed by atoms with Crippen molar-refractivity contribution in [2.45, 2.75) is 13.0 Å². The molecule has 1 N–H and O–H groups in total. The van der Waals surface area contributed by atoms with E-state index < -0.39 is 5.91 Å². The maximum Gasteiger partial charge on any atom is 0.287 e. The van der Waals surface area contributed by atoms with Crippen molar-refractivity contribution in [3.63, 3.8) is 0 Å². The van der Waals surface area contributed by atoms with Crippen molar-refractivity contribution in [1.82, 2.24) is 10.2 Å². The number of nitrogens with zero attached hydrogens (tertiary/aromatic N) is 1. The molecule has 1 aliphatic rings. The van der Waals surface area contributed by atoms with Gasteiger partial charge in [-0.05, 0) is 30.7 Å². The summed E-state index contributed by atoms with van der Waals surface area (Å²) in [5, 5.41) is 3.40. The maximum absolute atomic E-state index is 12.8. The Kier molecular flexibility index (Phi) is 6.32. The van der Waals surface area contributed by atoms with Crippen LogP contribution in [-0.2, 0) is 4.74 Å². The number of halogens is 1. The fourth-order valence-electron chi connectivity index (χ4n) is 3.65. The standard InChI is InChI=1S/C23H23BrN2O4/c1-15-2-4-16(5-3-15)19(26-8-10-29-11-9-26)14-25-23(28)22-13-20(27)18-7-6-17(24)12-21(18)30-22/h2-7,12-13,19H,8-11,14H2,1H3,(H,25,28)/t19-/m1/s1. The molecule has 4 rings (SSSR count). The van der Waals surface area contributed by atoms with Gasteiger partial charge in [0.15, 0.2) is 11.2 Å². The number of aryl methyl sites for hydroxylation is 1. The van der Waals surface area contributed by atoms with Crippen LogP contribution in [0.3, 0.4) is 0 Å². The molecule has 0 aliphatic carbocycles. The zero-order chi connectivity index (χ0) is 21.1. The average molecular weight is 471 g/mol. The Morgan fingerprint density at radius 2 is 1.87 bits per heavy atom. The number of fused-ring (bicyclic) bond motifs is 1. The Morgan fingerprint density at radius 3 is 2.60 bits per heavy atom. The van der Waals surface area contributed by atoms with Crippen molar-refractivity contribution in [3.05, 3.63) is 80.1 Å². The summed E-state index contributed by atoms with van der Waals surface area (Å²) >= 11 is 3.37. The molecule has 1 aliphatic heterocycles. The van der Waals surface area contributed by atoms with E-state index in [9.17, 15) is 9.59 Å². The van der Waals surface area contributed by atoms with Gasteiger partial charge in [-0.15, -0.1) is 0 Å². The molecule has 1 fully saturated rings. The smallest absolute Gasteiger partial charge is 0.287 e. The van der Waals surface area contributed by atoms with Gasteiger partial charge in [-0.3, -0.25) is 14.5 Å². The average Bonchev–Trinajstić information content (AvgIpc) is 2.75. The molecule has 2 heterocycles. The lowest BCUT2D eigenvalue weighted by molar-refractivity contribution is 0.0161. The van der Waals surface area contributed by atoms with Gasteiger partial charge >= 0.3 is 0 Å². The van der Waals surface area contributed by atoms with Gasteiger partial charge in [0.1, 0.15) is 5.58 Å². The minimum atomic E-state index is -0.403. The van der Waals surface area contributed by atoms with Gasteiger partial charge in [0.05, 0.1) is 24.6 Å². The molecule has 3 aromatic rings. The van der Waals surface area contributed by atoms with Crippen LogP contribution in [-0.4, -0.2) is 43.7 Å². The number of rotatable bonds is 5. The van der Waals surface area contributed by atoms with E-state index in [-0.39, 0.29) is 17.2 Å². The second-order valence-corrected chi connectivity index (χ2v) is 8.32. The number of carbonyl (C=O) groups excluding carboxylic acids is 1. The van der Waals surface area contributed by atoms with Crippen LogP contribution in [0.15, 0.2) is 62.2 Å². The van der Waals surface area contributed by atoms with Crippen LogP contribution in [0.1, 0.15) is 27.7 Å². The molecule has 7 heteroatoms. The largest absolute Gasteiger partial charge is 0.451 e. The van der Waals surface area contributed by atoms with Crippen molar-refractivity contribution in [2.24, 2.45) is 0 Å². The minimum Gasteiger partial charge on any atom is -0.451 e. The molecule has 0 saturated carbocycles. The van der Waals surface area contributed by atoms with E-state index in [1.165, 1.54) is 11.6 Å². The van der Waals surface area contributed by atoms with Crippen LogP contribution in [0.5, 0.6) is 0 Å². The summed E-state index contributed by atoms with van der Waals surface area (Å²) < 4.78 is 12.0. The SMILES string of the molecule is Cc1ccc([C@@H](CNC(=O)c2cc(=O)c3ccc(Br)cc3o2)N2CCOCC2)cc1. The van der Waals surface area contributed by atoms with Crippen LogP contribution in [0.2, 0.25) is 0 Å². The molecule has 6 nitrogen and oxygen atoms in total. The van der Waals surface area contributed by atoms with Crippen molar-refractivity contribution in [2.75, 3.05) is 32.8 Å². The lowest BCUT2D eigenvalue weighted by Gasteiger charge is -2.35. The number of carbonyl (C=O) groups is 1. The summed E-state index contributed by atoms with van der Waals surface area (Å²) in [6.07, 6.45) is 0. The van der Waals surface area contributed by atoms with E-state index >= 15 is 0 Å². The van der Waals surface area contributed by atoms with E-state index in [4.69, 9.17) is 9.15 Å². The first-order valence-electron chi connectivity index (χ1n) is 9.91. The third-order valence-corrected chi connectivity index (χ3v) is 5.81. The molecule has 1 atom stereocenters. The molecule has 1 amide bonds. The Labute approximate surface area is 183 Å². The number of morpholine rings is 1. The number of hydrogen-bond donors (Lipinski definition) is 1. The van der Waals surface area contributed by atoms with Crippen molar-refractivity contribution in [3.8, 4) is 0 Å². The number of nitrogens with one attached hydrogen (secondary N) is 1. The fourth-order valence-corrected chi connectivity index (χ4v) is 3.99. The van der Waals surface area contributed by atoms with Crippen molar-refractivity contribution >= 4 is 32.8 Å². The first kappa shape index (κ1) is 20.8. The summed E-state index contributed by atoms with van der Waals surface area (Å²) in [4.78, 5) is 27.5. The fraction of sp³-hybridized carbons (Fsp3) is 0.304. The Hall–Kier alpha value is -2.48. The predicted molar refractivity (Wildman–Crippen MR) is 119 cm³/mol. The predicted octanol–water partition coefficient (Wildman–Crippen LogP) is 3.67. The molecule has 156 valence electrons. The van der Waals surface area contributed by atoms with Gasteiger partial charge < -0.3 is 14.5 Å². The van der Waals surface area contributed by atoms with Gasteiger partial charge in [0.25, 0.3) is 5.91 Å². The highest BCUT2D eigenvalue weighted by molar-refractivity contribution is 9.10. The Bertz CT molecular complexity index is 1100. The van der Waals surface area contributed by atoms with Gasteiger partial charge in [0, 0.05) is 30.2 Å². The second kappa shape index (κ2) is 9.12. The van der Waals surface area contributed by atoms with Crippen molar-refractivity contribution < 1.29 is 13.9 Å². The summed E-state index contributed by atoms with van der Waals surface area (Å²) in [5.74, 6) is -0.394. The summed E-state index contributed by atoms with van der Waals surface area (Å²) in [5.41, 5.74) is 2.46. The van der Waals surface area contributed by atoms with E-state index in [0.29, 0.717) is 30.7 Å². The molecular weight excluding hydrogens is 448 g/mol. The molecule has 1 saturated heterocycles. The van der Waals surface area contributed by atoms with Gasteiger partial charge in [0.2, 0.25) is 0 Å². The van der Waals surface area contributed by atoms with E-state index in [2.05, 4.69) is 57.3 Å². The third kappa shape index (κ3) is 4.64. The zero-order valence-electron chi connectivity index (χ0n) is 16.7. The number of hydrogen-bond acceptors (Lipinski definition) is 5. The van der Waals surface area contributed by atoms with Gasteiger partial charge in [-0.1, -0.05) is 45.8 Å². The summed E-state index contributed by atoms with van der Waals surface area (Å²) in [7, 11) is 0. The second-order valence-electron chi connectivity index (χ2n) is 7.40.